The third kappa shape index (κ3) is 1.03. The summed E-state index contributed by atoms with van der Waals surface area (Å²) in [4.78, 5) is 26.3. The third-order valence-electron chi connectivity index (χ3n) is 5.29. The average molecular weight is 267 g/mol. The number of hydrogen-bond acceptors (Lipinski definition) is 4. The molecule has 0 radical (unpaired) electrons. The highest BCUT2D eigenvalue weighted by Crippen LogP contribution is 2.85. The molecule has 6 unspecified atom stereocenters. The van der Waals surface area contributed by atoms with Crippen LogP contribution in [0.25, 0.3) is 0 Å². The number of ketones is 1. The molecule has 0 aromatic carbocycles. The van der Waals surface area contributed by atoms with Gasteiger partial charge in [-0.2, -0.15) is 0 Å². The van der Waals surface area contributed by atoms with Gasteiger partial charge >= 0.3 is 5.97 Å². The summed E-state index contributed by atoms with van der Waals surface area (Å²) in [5.74, 6) is -0.648. The van der Waals surface area contributed by atoms with Gasteiger partial charge in [-0.1, -0.05) is 0 Å². The number of hydrogen-bond donors (Lipinski definition) is 0. The topological polar surface area (TPSA) is 46.4 Å². The van der Waals surface area contributed by atoms with Gasteiger partial charge in [-0.05, 0) is 33.6 Å². The van der Waals surface area contributed by atoms with Gasteiger partial charge in [0, 0.05) is 12.5 Å². The van der Waals surface area contributed by atoms with Gasteiger partial charge in [0.15, 0.2) is 12.0 Å². The van der Waals surface area contributed by atoms with Crippen molar-refractivity contribution in [3.05, 3.63) is 0 Å². The number of halogens is 1. The maximum atomic E-state index is 14.4. The predicted octanol–water partition coefficient (Wildman–Crippen LogP) is 1.22. The Morgan fingerprint density at radius 1 is 1.47 bits per heavy atom. The van der Waals surface area contributed by atoms with Crippen molar-refractivity contribution in [1.82, 2.24) is 4.90 Å². The highest BCUT2D eigenvalue weighted by molar-refractivity contribution is 6.01. The van der Waals surface area contributed by atoms with Crippen molar-refractivity contribution < 1.29 is 18.7 Å². The summed E-state index contributed by atoms with van der Waals surface area (Å²) in [6.07, 6.45) is 0.246. The van der Waals surface area contributed by atoms with E-state index in [0.717, 1.165) is 6.42 Å². The van der Waals surface area contributed by atoms with Crippen molar-refractivity contribution >= 4 is 11.8 Å². The molecule has 0 aromatic heterocycles. The van der Waals surface area contributed by atoms with Crippen LogP contribution in [-0.4, -0.2) is 46.0 Å². The number of fused-ring (bicyclic) bond motifs is 2. The molecule has 0 aromatic rings. The van der Waals surface area contributed by atoms with E-state index in [2.05, 4.69) is 0 Å². The van der Waals surface area contributed by atoms with E-state index in [-0.39, 0.29) is 30.3 Å². The second-order valence-corrected chi connectivity index (χ2v) is 7.34. The normalized spacial score (nSPS) is 53.4. The molecule has 104 valence electrons. The van der Waals surface area contributed by atoms with Crippen molar-refractivity contribution in [2.75, 3.05) is 0 Å². The monoisotopic (exact) mass is 267 g/mol. The zero-order chi connectivity index (χ0) is 13.8. The number of carbonyl (C=O) groups is 2. The molecule has 19 heavy (non-hydrogen) atoms. The zero-order valence-corrected chi connectivity index (χ0v) is 11.4. The van der Waals surface area contributed by atoms with Crippen LogP contribution in [-0.2, 0) is 14.3 Å². The van der Waals surface area contributed by atoms with Crippen LogP contribution in [0, 0.1) is 5.41 Å². The molecule has 6 aliphatic rings. The highest BCUT2D eigenvalue weighted by atomic mass is 19.1. The lowest BCUT2D eigenvalue weighted by molar-refractivity contribution is -0.164. The van der Waals surface area contributed by atoms with E-state index >= 15 is 0 Å². The van der Waals surface area contributed by atoms with Crippen LogP contribution in [0.2, 0.25) is 0 Å². The summed E-state index contributed by atoms with van der Waals surface area (Å²) < 4.78 is 19.9. The van der Waals surface area contributed by atoms with E-state index in [1.54, 1.807) is 0 Å². The van der Waals surface area contributed by atoms with Crippen LogP contribution in [0.3, 0.4) is 0 Å². The smallest absolute Gasteiger partial charge is 0.329 e. The van der Waals surface area contributed by atoms with E-state index in [1.807, 2.05) is 25.7 Å². The minimum Gasteiger partial charge on any atom is -0.459 e. The zero-order valence-electron chi connectivity index (χ0n) is 11.4. The minimum atomic E-state index is -1.48. The number of ether oxygens (including phenoxy) is 1. The van der Waals surface area contributed by atoms with E-state index in [1.165, 1.54) is 0 Å². The highest BCUT2D eigenvalue weighted by Gasteiger charge is 3.04. The Morgan fingerprint density at radius 2 is 2.16 bits per heavy atom. The average Bonchev–Trinajstić information content (AvgIpc) is 3.12. The number of piperidine rings is 2. The Kier molecular flexibility index (Phi) is 1.79. The molecular weight excluding hydrogens is 249 g/mol. The minimum absolute atomic E-state index is 0.0487. The van der Waals surface area contributed by atoms with Crippen LogP contribution in [0.1, 0.15) is 40.0 Å². The Balaban J connectivity index is 1.70. The van der Waals surface area contributed by atoms with Gasteiger partial charge < -0.3 is 4.74 Å². The fourth-order valence-electron chi connectivity index (χ4n) is 4.67. The molecule has 2 aliphatic carbocycles. The SMILES string of the molecule is CC(C)(C)OC(=O)C12C3N1C1CCC32C(F)C(=O)C1. The molecule has 5 heteroatoms. The van der Waals surface area contributed by atoms with Crippen LogP contribution in [0.4, 0.5) is 4.39 Å². The Hall–Kier alpha value is -0.970. The molecule has 0 amide bonds. The van der Waals surface area contributed by atoms with Crippen LogP contribution < -0.4 is 0 Å². The lowest BCUT2D eigenvalue weighted by Gasteiger charge is -2.39. The van der Waals surface area contributed by atoms with Crippen molar-refractivity contribution in [3.63, 3.8) is 0 Å². The summed E-state index contributed by atoms with van der Waals surface area (Å²) >= 11 is 0. The van der Waals surface area contributed by atoms with Gasteiger partial charge in [-0.15, -0.1) is 0 Å². The van der Waals surface area contributed by atoms with Crippen LogP contribution in [0.5, 0.6) is 0 Å². The predicted molar refractivity (Wildman–Crippen MR) is 64.2 cm³/mol. The number of rotatable bonds is 1. The second kappa shape index (κ2) is 2.87. The second-order valence-electron chi connectivity index (χ2n) is 7.34. The fraction of sp³-hybridized carbons (Fsp3) is 0.857. The maximum absolute atomic E-state index is 14.4. The van der Waals surface area contributed by atoms with Crippen molar-refractivity contribution in [2.45, 2.75) is 69.4 Å². The molecule has 6 fully saturated rings. The maximum Gasteiger partial charge on any atom is 0.329 e. The molecule has 2 saturated carbocycles. The molecule has 1 spiro atoms. The molecule has 4 aliphatic heterocycles. The number of Topliss-reactive ketones (excluding diaryl/α,β-unsaturated/α-hetero) is 1. The number of esters is 1. The summed E-state index contributed by atoms with van der Waals surface area (Å²) in [6.45, 7) is 5.44. The van der Waals surface area contributed by atoms with E-state index < -0.39 is 22.7 Å². The van der Waals surface area contributed by atoms with Gasteiger partial charge in [0.25, 0.3) is 0 Å². The van der Waals surface area contributed by atoms with Gasteiger partial charge in [-0.25, -0.2) is 9.18 Å². The first-order chi connectivity index (χ1) is 8.77. The van der Waals surface area contributed by atoms with Gasteiger partial charge in [-0.3, -0.25) is 9.69 Å². The quantitative estimate of drug-likeness (QED) is 0.529. The van der Waals surface area contributed by atoms with Crippen molar-refractivity contribution in [2.24, 2.45) is 5.41 Å². The lowest BCUT2D eigenvalue weighted by Crippen LogP contribution is -2.52. The van der Waals surface area contributed by atoms with E-state index in [0.29, 0.717) is 6.42 Å². The molecule has 6 atom stereocenters. The first kappa shape index (κ1) is 11.8. The molecule has 0 N–H and O–H groups in total. The van der Waals surface area contributed by atoms with Crippen molar-refractivity contribution in [3.8, 4) is 0 Å². The molecule has 4 nitrogen and oxygen atoms in total. The molecule has 4 heterocycles. The Bertz CT molecular complexity index is 513. The lowest BCUT2D eigenvalue weighted by atomic mass is 9.82. The Morgan fingerprint density at radius 3 is 2.79 bits per heavy atom. The summed E-state index contributed by atoms with van der Waals surface area (Å²) in [6, 6.07) is -0.0253. The molecule has 3 bridgehead atoms. The number of alkyl halides is 1. The van der Waals surface area contributed by atoms with Gasteiger partial charge in [0.2, 0.25) is 0 Å². The molecule has 4 saturated heterocycles. The first-order valence-electron chi connectivity index (χ1n) is 6.95. The summed E-state index contributed by atoms with van der Waals surface area (Å²) in [7, 11) is 0. The Labute approximate surface area is 111 Å². The van der Waals surface area contributed by atoms with E-state index in [9.17, 15) is 14.0 Å². The van der Waals surface area contributed by atoms with Crippen molar-refractivity contribution in [1.29, 1.82) is 0 Å². The van der Waals surface area contributed by atoms with E-state index in [4.69, 9.17) is 4.74 Å². The van der Waals surface area contributed by atoms with Crippen LogP contribution >= 0.6 is 0 Å². The largest absolute Gasteiger partial charge is 0.459 e. The molecular formula is C14H18FNO3. The third-order valence-corrected chi connectivity index (χ3v) is 5.29. The standard InChI is InChI=1S/C14H18FNO3/c1-12(2,3)19-11(18)14-10-13(14)5-4-7(16(10)14)6-8(17)9(13)15/h7,9-10H,4-6H2,1-3H3. The van der Waals surface area contributed by atoms with Crippen LogP contribution in [0.15, 0.2) is 0 Å². The first-order valence-corrected chi connectivity index (χ1v) is 6.95. The summed E-state index contributed by atoms with van der Waals surface area (Å²) in [5.41, 5.74) is -2.12. The summed E-state index contributed by atoms with van der Waals surface area (Å²) in [5, 5.41) is 0. The fourth-order valence-corrected chi connectivity index (χ4v) is 4.67. The van der Waals surface area contributed by atoms with Gasteiger partial charge in [0.05, 0.1) is 11.5 Å². The molecule has 6 rings (SSSR count). The van der Waals surface area contributed by atoms with Gasteiger partial charge in [0.1, 0.15) is 11.1 Å². The number of carbonyl (C=O) groups excluding carboxylic acids is 2. The number of nitrogens with zero attached hydrogens (tertiary/aromatic N) is 1.